The fraction of sp³-hybridized carbons (Fsp3) is 0.579. The molecule has 1 heteroatoms. The first-order chi connectivity index (χ1) is 9.16. The molecule has 1 aliphatic carbocycles. The van der Waals surface area contributed by atoms with E-state index in [1.54, 1.807) is 0 Å². The van der Waals surface area contributed by atoms with Crippen molar-refractivity contribution in [3.8, 4) is 0 Å². The van der Waals surface area contributed by atoms with Gasteiger partial charge in [-0.25, -0.2) is 0 Å². The lowest BCUT2D eigenvalue weighted by atomic mass is 9.79. The van der Waals surface area contributed by atoms with Crippen molar-refractivity contribution < 1.29 is 4.74 Å². The second-order valence-corrected chi connectivity index (χ2v) is 7.54. The van der Waals surface area contributed by atoms with Crippen LogP contribution in [0.4, 0.5) is 0 Å². The highest BCUT2D eigenvalue weighted by molar-refractivity contribution is 5.66. The summed E-state index contributed by atoms with van der Waals surface area (Å²) in [5.41, 5.74) is 5.94. The first-order valence-corrected chi connectivity index (χ1v) is 7.67. The normalized spacial score (nSPS) is 16.9. The Bertz CT molecular complexity index is 529. The number of benzene rings is 1. The zero-order chi connectivity index (χ0) is 15.1. The predicted octanol–water partition coefficient (Wildman–Crippen LogP) is 5.22. The maximum atomic E-state index is 5.69. The largest absolute Gasteiger partial charge is 0.494 e. The Hall–Kier alpha value is -1.24. The van der Waals surface area contributed by atoms with Gasteiger partial charge in [-0.2, -0.15) is 0 Å². The van der Waals surface area contributed by atoms with Crippen molar-refractivity contribution in [1.82, 2.24) is 0 Å². The molecule has 0 saturated carbocycles. The van der Waals surface area contributed by atoms with E-state index in [0.29, 0.717) is 6.61 Å². The van der Waals surface area contributed by atoms with Gasteiger partial charge in [0.25, 0.3) is 0 Å². The van der Waals surface area contributed by atoms with Crippen molar-refractivity contribution in [2.45, 2.75) is 65.2 Å². The topological polar surface area (TPSA) is 9.23 Å². The van der Waals surface area contributed by atoms with E-state index in [1.165, 1.54) is 28.7 Å². The Morgan fingerprint density at radius 3 is 2.50 bits per heavy atom. The molecule has 0 aromatic heterocycles. The average molecular weight is 272 g/mol. The lowest BCUT2D eigenvalue weighted by Crippen LogP contribution is -2.17. The van der Waals surface area contributed by atoms with Crippen molar-refractivity contribution in [2.75, 3.05) is 6.61 Å². The Morgan fingerprint density at radius 1 is 1.30 bits per heavy atom. The highest BCUT2D eigenvalue weighted by atomic mass is 16.5. The highest BCUT2D eigenvalue weighted by Crippen LogP contribution is 2.43. The van der Waals surface area contributed by atoms with Crippen LogP contribution in [0.3, 0.4) is 0 Å². The summed E-state index contributed by atoms with van der Waals surface area (Å²) < 4.78 is 5.69. The van der Waals surface area contributed by atoms with Gasteiger partial charge in [0, 0.05) is 5.56 Å². The van der Waals surface area contributed by atoms with Crippen LogP contribution in [0.5, 0.6) is 0 Å². The van der Waals surface area contributed by atoms with Crippen LogP contribution in [0, 0.1) is 0 Å². The highest BCUT2D eigenvalue weighted by Gasteiger charge is 2.33. The van der Waals surface area contributed by atoms with Gasteiger partial charge in [0.05, 0.1) is 6.61 Å². The van der Waals surface area contributed by atoms with E-state index in [9.17, 15) is 0 Å². The minimum absolute atomic E-state index is 0.148. The average Bonchev–Trinajstić information content (AvgIpc) is 2.64. The Balaban J connectivity index is 2.63. The van der Waals surface area contributed by atoms with Crippen LogP contribution in [0.2, 0.25) is 0 Å². The van der Waals surface area contributed by atoms with Crippen LogP contribution in [-0.2, 0) is 22.0 Å². The standard InChI is InChI=1S/C19H28O/c1-8-20-13(2)16-11-14(18(3,4)5)12-17-15(16)9-10-19(17,6)7/h11-12H,2,8-10H2,1,3-7H3. The predicted molar refractivity (Wildman–Crippen MR) is 87.1 cm³/mol. The van der Waals surface area contributed by atoms with Gasteiger partial charge in [-0.1, -0.05) is 47.3 Å². The smallest absolute Gasteiger partial charge is 0.119 e. The first-order valence-electron chi connectivity index (χ1n) is 7.67. The summed E-state index contributed by atoms with van der Waals surface area (Å²) in [6.07, 6.45) is 2.34. The third-order valence-electron chi connectivity index (χ3n) is 4.46. The minimum Gasteiger partial charge on any atom is -0.494 e. The maximum Gasteiger partial charge on any atom is 0.119 e. The maximum absolute atomic E-state index is 5.69. The molecule has 0 saturated heterocycles. The zero-order valence-corrected chi connectivity index (χ0v) is 13.9. The molecule has 0 atom stereocenters. The van der Waals surface area contributed by atoms with Gasteiger partial charge < -0.3 is 4.74 Å². The summed E-state index contributed by atoms with van der Waals surface area (Å²) in [7, 11) is 0. The third kappa shape index (κ3) is 2.63. The number of rotatable bonds is 3. The van der Waals surface area contributed by atoms with E-state index >= 15 is 0 Å². The fourth-order valence-corrected chi connectivity index (χ4v) is 3.05. The van der Waals surface area contributed by atoms with Crippen molar-refractivity contribution >= 4 is 5.76 Å². The van der Waals surface area contributed by atoms with Crippen molar-refractivity contribution in [2.24, 2.45) is 0 Å². The molecule has 0 amide bonds. The number of hydrogen-bond acceptors (Lipinski definition) is 1. The van der Waals surface area contributed by atoms with Crippen LogP contribution < -0.4 is 0 Å². The van der Waals surface area contributed by atoms with E-state index in [4.69, 9.17) is 4.74 Å². The van der Waals surface area contributed by atoms with Crippen LogP contribution in [0.1, 0.15) is 70.2 Å². The molecule has 1 nitrogen and oxygen atoms in total. The summed E-state index contributed by atoms with van der Waals surface area (Å²) in [6, 6.07) is 4.70. The van der Waals surface area contributed by atoms with Crippen molar-refractivity contribution in [3.05, 3.63) is 41.0 Å². The third-order valence-corrected chi connectivity index (χ3v) is 4.46. The first kappa shape index (κ1) is 15.2. The van der Waals surface area contributed by atoms with Crippen molar-refractivity contribution in [1.29, 1.82) is 0 Å². The van der Waals surface area contributed by atoms with Gasteiger partial charge in [-0.05, 0) is 53.4 Å². The van der Waals surface area contributed by atoms with Crippen LogP contribution in [0.15, 0.2) is 18.7 Å². The molecule has 0 aliphatic heterocycles. The molecular weight excluding hydrogens is 244 g/mol. The van der Waals surface area contributed by atoms with Crippen LogP contribution >= 0.6 is 0 Å². The zero-order valence-electron chi connectivity index (χ0n) is 13.9. The van der Waals surface area contributed by atoms with Gasteiger partial charge >= 0.3 is 0 Å². The molecule has 0 unspecified atom stereocenters. The van der Waals surface area contributed by atoms with Gasteiger partial charge in [0.15, 0.2) is 0 Å². The molecule has 0 spiro atoms. The van der Waals surface area contributed by atoms with Gasteiger partial charge in [0.1, 0.15) is 5.76 Å². The van der Waals surface area contributed by atoms with E-state index < -0.39 is 0 Å². The van der Waals surface area contributed by atoms with Gasteiger partial charge in [-0.3, -0.25) is 0 Å². The summed E-state index contributed by atoms with van der Waals surface area (Å²) in [5, 5.41) is 0. The van der Waals surface area contributed by atoms with Crippen LogP contribution in [-0.4, -0.2) is 6.61 Å². The van der Waals surface area contributed by atoms with Crippen molar-refractivity contribution in [3.63, 3.8) is 0 Å². The van der Waals surface area contributed by atoms with E-state index in [0.717, 1.165) is 12.2 Å². The molecule has 110 valence electrons. The number of fused-ring (bicyclic) bond motifs is 1. The molecule has 0 heterocycles. The molecule has 0 N–H and O–H groups in total. The monoisotopic (exact) mass is 272 g/mol. The van der Waals surface area contributed by atoms with E-state index in [1.807, 2.05) is 6.92 Å². The van der Waals surface area contributed by atoms with E-state index in [-0.39, 0.29) is 10.8 Å². The van der Waals surface area contributed by atoms with Gasteiger partial charge in [-0.15, -0.1) is 0 Å². The summed E-state index contributed by atoms with van der Waals surface area (Å²) >= 11 is 0. The molecule has 1 aromatic rings. The Labute approximate surface area is 124 Å². The lowest BCUT2D eigenvalue weighted by Gasteiger charge is -2.26. The van der Waals surface area contributed by atoms with Crippen LogP contribution in [0.25, 0.3) is 5.76 Å². The van der Waals surface area contributed by atoms with Gasteiger partial charge in [0.2, 0.25) is 0 Å². The lowest BCUT2D eigenvalue weighted by molar-refractivity contribution is 0.299. The quantitative estimate of drug-likeness (QED) is 0.686. The Morgan fingerprint density at radius 2 is 1.95 bits per heavy atom. The number of ether oxygens (including phenoxy) is 1. The molecule has 1 aromatic carbocycles. The molecule has 0 bridgehead atoms. The number of hydrogen-bond donors (Lipinski definition) is 0. The molecule has 2 rings (SSSR count). The fourth-order valence-electron chi connectivity index (χ4n) is 3.05. The molecule has 0 fully saturated rings. The minimum atomic E-state index is 0.148. The molecule has 20 heavy (non-hydrogen) atoms. The molecular formula is C19H28O. The summed E-state index contributed by atoms with van der Waals surface area (Å²) in [4.78, 5) is 0. The molecule has 0 radical (unpaired) electrons. The summed E-state index contributed by atoms with van der Waals surface area (Å²) in [5.74, 6) is 0.826. The second-order valence-electron chi connectivity index (χ2n) is 7.54. The van der Waals surface area contributed by atoms with E-state index in [2.05, 4.69) is 53.3 Å². The Kier molecular flexibility index (Phi) is 3.75. The second kappa shape index (κ2) is 4.95. The SMILES string of the molecule is C=C(OCC)c1cc(C(C)(C)C)cc2c1CCC2(C)C. The molecule has 1 aliphatic rings. The summed E-state index contributed by atoms with van der Waals surface area (Å²) in [6.45, 7) is 18.3.